The molecule has 0 bridgehead atoms. The van der Waals surface area contributed by atoms with Gasteiger partial charge in [-0.05, 0) is 49.7 Å². The monoisotopic (exact) mass is 482 g/mol. The Hall–Kier alpha value is -3.30. The Morgan fingerprint density at radius 1 is 1.03 bits per heavy atom. The van der Waals surface area contributed by atoms with Gasteiger partial charge in [-0.15, -0.1) is 11.3 Å². The number of amides is 1. The van der Waals surface area contributed by atoms with Crippen molar-refractivity contribution in [3.63, 3.8) is 0 Å². The summed E-state index contributed by atoms with van der Waals surface area (Å²) in [5.74, 6) is -0.414. The minimum Gasteiger partial charge on any atom is -0.297 e. The maximum atomic E-state index is 13.2. The van der Waals surface area contributed by atoms with Gasteiger partial charge in [0.25, 0.3) is 5.91 Å². The summed E-state index contributed by atoms with van der Waals surface area (Å²) in [6.45, 7) is 2.89. The molecular weight excluding hydrogens is 461 g/mol. The molecule has 0 spiro atoms. The van der Waals surface area contributed by atoms with Gasteiger partial charge in [-0.25, -0.2) is 9.97 Å². The summed E-state index contributed by atoms with van der Waals surface area (Å²) < 4.78 is 39.6. The highest BCUT2D eigenvalue weighted by Crippen LogP contribution is 2.34. The van der Waals surface area contributed by atoms with Crippen molar-refractivity contribution in [2.45, 2.75) is 25.6 Å². The molecule has 9 heteroatoms. The van der Waals surface area contributed by atoms with E-state index in [2.05, 4.69) is 20.2 Å². The highest BCUT2D eigenvalue weighted by Gasteiger charge is 2.30. The second-order valence-electron chi connectivity index (χ2n) is 8.23. The number of hydrogen-bond donors (Lipinski definition) is 1. The van der Waals surface area contributed by atoms with E-state index in [1.54, 1.807) is 30.3 Å². The fourth-order valence-corrected chi connectivity index (χ4v) is 4.83. The van der Waals surface area contributed by atoms with Crippen molar-refractivity contribution >= 4 is 33.3 Å². The minimum atomic E-state index is -4.44. The first-order chi connectivity index (χ1) is 16.4. The van der Waals surface area contributed by atoms with Crippen LogP contribution in [0.25, 0.3) is 22.0 Å². The van der Waals surface area contributed by atoms with Gasteiger partial charge in [-0.3, -0.25) is 15.0 Å². The van der Waals surface area contributed by atoms with E-state index in [9.17, 15) is 18.0 Å². The lowest BCUT2D eigenvalue weighted by Gasteiger charge is -2.12. The van der Waals surface area contributed by atoms with Crippen LogP contribution < -0.4 is 5.32 Å². The first-order valence-corrected chi connectivity index (χ1v) is 11.8. The Balaban J connectivity index is 1.41. The second-order valence-corrected chi connectivity index (χ2v) is 9.09. The van der Waals surface area contributed by atoms with Crippen molar-refractivity contribution in [1.82, 2.24) is 14.9 Å². The third kappa shape index (κ3) is 4.80. The molecule has 0 atom stereocenters. The van der Waals surface area contributed by atoms with Crippen LogP contribution in [0.5, 0.6) is 0 Å². The Labute approximate surface area is 198 Å². The van der Waals surface area contributed by atoms with E-state index in [0.29, 0.717) is 21.8 Å². The van der Waals surface area contributed by atoms with Crippen molar-refractivity contribution in [3.8, 4) is 11.1 Å². The number of thiazole rings is 1. The molecule has 3 heterocycles. The number of benzene rings is 2. The molecule has 1 fully saturated rings. The summed E-state index contributed by atoms with van der Waals surface area (Å²) in [5, 5.41) is 5.96. The van der Waals surface area contributed by atoms with Gasteiger partial charge in [-0.2, -0.15) is 13.2 Å². The van der Waals surface area contributed by atoms with Crippen molar-refractivity contribution in [2.75, 3.05) is 18.4 Å². The number of anilines is 1. The summed E-state index contributed by atoms with van der Waals surface area (Å²) in [5.41, 5.74) is 1.73. The van der Waals surface area contributed by atoms with Crippen LogP contribution in [0.15, 0.2) is 60.0 Å². The quantitative estimate of drug-likeness (QED) is 0.367. The number of rotatable bonds is 5. The molecule has 4 aromatic rings. The fourth-order valence-electron chi connectivity index (χ4n) is 4.14. The molecule has 34 heavy (non-hydrogen) atoms. The van der Waals surface area contributed by atoms with E-state index in [1.165, 1.54) is 30.2 Å². The van der Waals surface area contributed by atoms with Gasteiger partial charge in [0.1, 0.15) is 5.69 Å². The lowest BCUT2D eigenvalue weighted by atomic mass is 9.99. The highest BCUT2D eigenvalue weighted by molar-refractivity contribution is 7.14. The van der Waals surface area contributed by atoms with Crippen molar-refractivity contribution in [2.24, 2.45) is 0 Å². The Bertz CT molecular complexity index is 1350. The lowest BCUT2D eigenvalue weighted by molar-refractivity contribution is -0.137. The molecule has 1 N–H and O–H groups in total. The number of halogens is 3. The molecule has 2 aromatic carbocycles. The van der Waals surface area contributed by atoms with Crippen molar-refractivity contribution in [3.05, 3.63) is 76.9 Å². The minimum absolute atomic E-state index is 0.170. The van der Waals surface area contributed by atoms with Crippen LogP contribution in [0, 0.1) is 0 Å². The average Bonchev–Trinajstić information content (AvgIpc) is 3.50. The van der Waals surface area contributed by atoms with Crippen LogP contribution in [0.3, 0.4) is 0 Å². The zero-order valence-corrected chi connectivity index (χ0v) is 18.9. The van der Waals surface area contributed by atoms with E-state index in [4.69, 9.17) is 0 Å². The van der Waals surface area contributed by atoms with Gasteiger partial charge in [0.2, 0.25) is 0 Å². The molecule has 0 unspecified atom stereocenters. The van der Waals surface area contributed by atoms with E-state index >= 15 is 0 Å². The predicted molar refractivity (Wildman–Crippen MR) is 127 cm³/mol. The standard InChI is InChI=1S/C25H21F3N4OS/c26-25(27,28)18-7-3-6-17(13-18)20-8-4-5-16-9-10-21(30-22(16)20)23(33)31-24-29-19(15-34-24)14-32-11-1-2-12-32/h3-10,13,15H,1-2,11-12,14H2,(H,29,31,33). The van der Waals surface area contributed by atoms with Gasteiger partial charge in [0.15, 0.2) is 5.13 Å². The van der Waals surface area contributed by atoms with E-state index in [1.807, 2.05) is 11.4 Å². The molecule has 2 aromatic heterocycles. The molecule has 0 saturated carbocycles. The molecular formula is C25H21F3N4OS. The fraction of sp³-hybridized carbons (Fsp3) is 0.240. The van der Waals surface area contributed by atoms with E-state index < -0.39 is 17.6 Å². The maximum absolute atomic E-state index is 13.2. The van der Waals surface area contributed by atoms with Crippen molar-refractivity contribution < 1.29 is 18.0 Å². The summed E-state index contributed by atoms with van der Waals surface area (Å²) in [4.78, 5) is 24.2. The van der Waals surface area contributed by atoms with Crippen LogP contribution in [0.4, 0.5) is 18.3 Å². The van der Waals surface area contributed by atoms with Gasteiger partial charge < -0.3 is 0 Å². The van der Waals surface area contributed by atoms with Gasteiger partial charge in [0, 0.05) is 22.9 Å². The van der Waals surface area contributed by atoms with E-state index in [-0.39, 0.29) is 5.69 Å². The number of aromatic nitrogens is 2. The first-order valence-electron chi connectivity index (χ1n) is 10.9. The predicted octanol–water partition coefficient (Wildman–Crippen LogP) is 6.23. The summed E-state index contributed by atoms with van der Waals surface area (Å²) in [6.07, 6.45) is -2.05. The smallest absolute Gasteiger partial charge is 0.297 e. The summed E-state index contributed by atoms with van der Waals surface area (Å²) in [6, 6.07) is 13.7. The molecule has 5 nitrogen and oxygen atoms in total. The largest absolute Gasteiger partial charge is 0.416 e. The van der Waals surface area contributed by atoms with Crippen LogP contribution in [-0.2, 0) is 12.7 Å². The molecule has 0 radical (unpaired) electrons. The SMILES string of the molecule is O=C(Nc1nc(CN2CCCC2)cs1)c1ccc2cccc(-c3cccc(C(F)(F)F)c3)c2n1. The average molecular weight is 483 g/mol. The number of carbonyl (C=O) groups is 1. The van der Waals surface area contributed by atoms with Crippen LogP contribution >= 0.6 is 11.3 Å². The van der Waals surface area contributed by atoms with Crippen molar-refractivity contribution in [1.29, 1.82) is 0 Å². The number of alkyl halides is 3. The normalized spacial score (nSPS) is 14.6. The number of pyridine rings is 1. The van der Waals surface area contributed by atoms with E-state index in [0.717, 1.165) is 42.8 Å². The number of nitrogens with one attached hydrogen (secondary N) is 1. The zero-order valence-electron chi connectivity index (χ0n) is 18.1. The molecule has 5 rings (SSSR count). The molecule has 1 aliphatic heterocycles. The molecule has 1 saturated heterocycles. The third-order valence-corrected chi connectivity index (χ3v) is 6.62. The second kappa shape index (κ2) is 9.15. The van der Waals surface area contributed by atoms with Crippen LogP contribution in [0.2, 0.25) is 0 Å². The summed E-state index contributed by atoms with van der Waals surface area (Å²) >= 11 is 1.36. The topological polar surface area (TPSA) is 58.1 Å². The van der Waals surface area contributed by atoms with Crippen LogP contribution in [-0.4, -0.2) is 33.9 Å². The van der Waals surface area contributed by atoms with Gasteiger partial charge in [-0.1, -0.05) is 36.4 Å². The number of carbonyl (C=O) groups excluding carboxylic acids is 1. The van der Waals surface area contributed by atoms with Crippen LogP contribution in [0.1, 0.15) is 34.6 Å². The molecule has 174 valence electrons. The Morgan fingerprint density at radius 3 is 2.62 bits per heavy atom. The lowest BCUT2D eigenvalue weighted by Crippen LogP contribution is -2.18. The molecule has 0 aliphatic carbocycles. The first kappa shape index (κ1) is 22.5. The van der Waals surface area contributed by atoms with Gasteiger partial charge >= 0.3 is 6.18 Å². The van der Waals surface area contributed by atoms with Gasteiger partial charge in [0.05, 0.1) is 16.8 Å². The Kier molecular flexibility index (Phi) is 6.05. The molecule has 1 aliphatic rings. The number of hydrogen-bond acceptors (Lipinski definition) is 5. The number of likely N-dealkylation sites (tertiary alicyclic amines) is 1. The number of fused-ring (bicyclic) bond motifs is 1. The molecule has 1 amide bonds. The Morgan fingerprint density at radius 2 is 1.82 bits per heavy atom. The zero-order chi connectivity index (χ0) is 23.7. The number of nitrogens with zero attached hydrogens (tertiary/aromatic N) is 3. The maximum Gasteiger partial charge on any atom is 0.416 e. The number of para-hydroxylation sites is 1. The third-order valence-electron chi connectivity index (χ3n) is 5.81. The summed E-state index contributed by atoms with van der Waals surface area (Å²) in [7, 11) is 0. The highest BCUT2D eigenvalue weighted by atomic mass is 32.1.